The van der Waals surface area contributed by atoms with Crippen molar-refractivity contribution in [1.82, 2.24) is 0 Å². The van der Waals surface area contributed by atoms with Crippen LogP contribution in [0.15, 0.2) is 0 Å². The molecule has 0 rings (SSSR count). The van der Waals surface area contributed by atoms with Crippen molar-refractivity contribution in [2.45, 2.75) is 46.0 Å². The Kier molecular flexibility index (Phi) is 13.5. The number of carbonyl (C=O) groups is 1. The topological polar surface area (TPSA) is 59.4 Å². The first-order chi connectivity index (χ1) is 7.20. The zero-order valence-corrected chi connectivity index (χ0v) is 10.9. The van der Waals surface area contributed by atoms with E-state index in [0.717, 1.165) is 19.3 Å². The molecule has 0 amide bonds. The van der Waals surface area contributed by atoms with E-state index >= 15 is 0 Å². The quantitative estimate of drug-likeness (QED) is 0.312. The minimum absolute atomic E-state index is 0. The Morgan fingerprint density at radius 1 is 1.00 bits per heavy atom. The van der Waals surface area contributed by atoms with E-state index in [9.17, 15) is 4.79 Å². The standard InChI is InChI=1S/C11H21NO3.ClH/c1-3-14-10(12)8-6-5-7-9-11(13)15-4-2;/h12H,3-9H2,1-2H3;1H. The van der Waals surface area contributed by atoms with Gasteiger partial charge in [0.1, 0.15) is 0 Å². The highest BCUT2D eigenvalue weighted by molar-refractivity contribution is 5.85. The summed E-state index contributed by atoms with van der Waals surface area (Å²) in [6, 6.07) is 0. The summed E-state index contributed by atoms with van der Waals surface area (Å²) in [6.07, 6.45) is 3.82. The average Bonchev–Trinajstić information content (AvgIpc) is 2.18. The number of ether oxygens (including phenoxy) is 2. The molecular weight excluding hydrogens is 230 g/mol. The van der Waals surface area contributed by atoms with Crippen LogP contribution in [0, 0.1) is 5.41 Å². The number of nitrogens with one attached hydrogen (secondary N) is 1. The first kappa shape index (κ1) is 17.6. The van der Waals surface area contributed by atoms with Gasteiger partial charge in [-0.15, -0.1) is 12.4 Å². The van der Waals surface area contributed by atoms with Crippen LogP contribution in [0.1, 0.15) is 46.0 Å². The van der Waals surface area contributed by atoms with E-state index in [2.05, 4.69) is 0 Å². The molecule has 0 heterocycles. The fourth-order valence-electron chi connectivity index (χ4n) is 1.21. The highest BCUT2D eigenvalue weighted by atomic mass is 35.5. The van der Waals surface area contributed by atoms with Gasteiger partial charge in [0, 0.05) is 12.8 Å². The third-order valence-electron chi connectivity index (χ3n) is 1.91. The van der Waals surface area contributed by atoms with Gasteiger partial charge in [0.2, 0.25) is 0 Å². The van der Waals surface area contributed by atoms with Crippen molar-refractivity contribution in [3.8, 4) is 0 Å². The van der Waals surface area contributed by atoms with Crippen LogP contribution < -0.4 is 0 Å². The zero-order valence-electron chi connectivity index (χ0n) is 10.1. The van der Waals surface area contributed by atoms with Crippen molar-refractivity contribution in [3.05, 3.63) is 0 Å². The first-order valence-corrected chi connectivity index (χ1v) is 5.56. The first-order valence-electron chi connectivity index (χ1n) is 5.56. The maximum absolute atomic E-state index is 11.0. The second-order valence-electron chi connectivity index (χ2n) is 3.22. The lowest BCUT2D eigenvalue weighted by Crippen LogP contribution is -2.04. The highest BCUT2D eigenvalue weighted by Crippen LogP contribution is 2.05. The number of esters is 1. The molecule has 0 aliphatic carbocycles. The lowest BCUT2D eigenvalue weighted by molar-refractivity contribution is -0.143. The van der Waals surface area contributed by atoms with Crippen molar-refractivity contribution in [1.29, 1.82) is 5.41 Å². The normalized spacial score (nSPS) is 9.12. The monoisotopic (exact) mass is 251 g/mol. The molecule has 0 saturated heterocycles. The van der Waals surface area contributed by atoms with Gasteiger partial charge in [-0.1, -0.05) is 6.42 Å². The van der Waals surface area contributed by atoms with E-state index in [1.165, 1.54) is 0 Å². The van der Waals surface area contributed by atoms with Crippen LogP contribution in [0.5, 0.6) is 0 Å². The zero-order chi connectivity index (χ0) is 11.5. The van der Waals surface area contributed by atoms with Gasteiger partial charge in [-0.05, 0) is 26.7 Å². The molecule has 5 heteroatoms. The minimum Gasteiger partial charge on any atom is -0.481 e. The van der Waals surface area contributed by atoms with Gasteiger partial charge >= 0.3 is 5.97 Å². The van der Waals surface area contributed by atoms with Crippen molar-refractivity contribution >= 4 is 24.3 Å². The summed E-state index contributed by atoms with van der Waals surface area (Å²) in [7, 11) is 0. The molecular formula is C11H22ClNO3. The van der Waals surface area contributed by atoms with Crippen LogP contribution in [0.3, 0.4) is 0 Å². The number of carbonyl (C=O) groups excluding carboxylic acids is 1. The Labute approximate surface area is 104 Å². The smallest absolute Gasteiger partial charge is 0.305 e. The number of hydrogen-bond acceptors (Lipinski definition) is 4. The molecule has 0 aromatic rings. The van der Waals surface area contributed by atoms with Crippen molar-refractivity contribution in [2.24, 2.45) is 0 Å². The van der Waals surface area contributed by atoms with Gasteiger partial charge in [-0.3, -0.25) is 10.2 Å². The molecule has 0 atom stereocenters. The SMILES string of the molecule is CCOC(=N)CCCCCC(=O)OCC.Cl. The lowest BCUT2D eigenvalue weighted by Gasteiger charge is -2.04. The van der Waals surface area contributed by atoms with Gasteiger partial charge in [0.05, 0.1) is 13.2 Å². The molecule has 0 aromatic heterocycles. The lowest BCUT2D eigenvalue weighted by atomic mass is 10.1. The molecule has 16 heavy (non-hydrogen) atoms. The van der Waals surface area contributed by atoms with Gasteiger partial charge in [0.15, 0.2) is 5.90 Å². The Morgan fingerprint density at radius 2 is 1.56 bits per heavy atom. The molecule has 1 N–H and O–H groups in total. The molecule has 0 aromatic carbocycles. The van der Waals surface area contributed by atoms with Gasteiger partial charge in [-0.2, -0.15) is 0 Å². The molecule has 0 fully saturated rings. The third kappa shape index (κ3) is 11.3. The molecule has 0 bridgehead atoms. The van der Waals surface area contributed by atoms with Crippen LogP contribution in [-0.2, 0) is 14.3 Å². The Hall–Kier alpha value is -0.770. The molecule has 0 unspecified atom stereocenters. The van der Waals surface area contributed by atoms with Crippen molar-refractivity contribution in [3.63, 3.8) is 0 Å². The van der Waals surface area contributed by atoms with Crippen LogP contribution in [0.25, 0.3) is 0 Å². The Morgan fingerprint density at radius 3 is 2.12 bits per heavy atom. The van der Waals surface area contributed by atoms with E-state index in [4.69, 9.17) is 14.9 Å². The average molecular weight is 252 g/mol. The summed E-state index contributed by atoms with van der Waals surface area (Å²) in [4.78, 5) is 11.0. The molecule has 0 aliphatic rings. The van der Waals surface area contributed by atoms with Gasteiger partial charge < -0.3 is 9.47 Å². The molecule has 4 nitrogen and oxygen atoms in total. The van der Waals surface area contributed by atoms with E-state index in [-0.39, 0.29) is 18.4 Å². The molecule has 0 radical (unpaired) electrons. The summed E-state index contributed by atoms with van der Waals surface area (Å²) >= 11 is 0. The number of halogens is 1. The summed E-state index contributed by atoms with van der Waals surface area (Å²) in [5, 5.41) is 7.36. The predicted octanol–water partition coefficient (Wildman–Crippen LogP) is 2.94. The van der Waals surface area contributed by atoms with E-state index < -0.39 is 0 Å². The van der Waals surface area contributed by atoms with E-state index in [1.54, 1.807) is 6.92 Å². The summed E-state index contributed by atoms with van der Waals surface area (Å²) in [6.45, 7) is 4.69. The van der Waals surface area contributed by atoms with Crippen molar-refractivity contribution < 1.29 is 14.3 Å². The molecule has 96 valence electrons. The maximum atomic E-state index is 11.0. The largest absolute Gasteiger partial charge is 0.481 e. The molecule has 0 saturated carbocycles. The van der Waals surface area contributed by atoms with Gasteiger partial charge in [-0.25, -0.2) is 0 Å². The number of unbranched alkanes of at least 4 members (excludes halogenated alkanes) is 2. The van der Waals surface area contributed by atoms with Crippen LogP contribution in [-0.4, -0.2) is 25.1 Å². The number of hydrogen-bond donors (Lipinski definition) is 1. The fourth-order valence-corrected chi connectivity index (χ4v) is 1.21. The van der Waals surface area contributed by atoms with Crippen LogP contribution >= 0.6 is 12.4 Å². The maximum Gasteiger partial charge on any atom is 0.305 e. The highest BCUT2D eigenvalue weighted by Gasteiger charge is 2.01. The second-order valence-corrected chi connectivity index (χ2v) is 3.22. The summed E-state index contributed by atoms with van der Waals surface area (Å²) in [5.74, 6) is 0.214. The molecule has 0 aliphatic heterocycles. The van der Waals surface area contributed by atoms with Crippen LogP contribution in [0.4, 0.5) is 0 Å². The van der Waals surface area contributed by atoms with Crippen LogP contribution in [0.2, 0.25) is 0 Å². The third-order valence-corrected chi connectivity index (χ3v) is 1.91. The minimum atomic E-state index is -0.127. The molecule has 0 spiro atoms. The Balaban J connectivity index is 0. The fraction of sp³-hybridized carbons (Fsp3) is 0.818. The van der Waals surface area contributed by atoms with Gasteiger partial charge in [0.25, 0.3) is 0 Å². The summed E-state index contributed by atoms with van der Waals surface area (Å²) in [5.41, 5.74) is 0. The Bertz CT molecular complexity index is 178. The van der Waals surface area contributed by atoms with E-state index in [0.29, 0.717) is 32.0 Å². The predicted molar refractivity (Wildman–Crippen MR) is 66.3 cm³/mol. The number of rotatable bonds is 8. The summed E-state index contributed by atoms with van der Waals surface area (Å²) < 4.78 is 9.80. The van der Waals surface area contributed by atoms with Crippen molar-refractivity contribution in [2.75, 3.05) is 13.2 Å². The second kappa shape index (κ2) is 12.3. The van der Waals surface area contributed by atoms with E-state index in [1.807, 2.05) is 6.92 Å².